The van der Waals surface area contributed by atoms with Gasteiger partial charge in [-0.3, -0.25) is 9.59 Å². The zero-order valence-electron chi connectivity index (χ0n) is 15.1. The van der Waals surface area contributed by atoms with Crippen molar-refractivity contribution in [1.82, 2.24) is 14.8 Å². The van der Waals surface area contributed by atoms with Crippen LogP contribution >= 0.6 is 11.8 Å². The third-order valence-corrected chi connectivity index (χ3v) is 5.58. The van der Waals surface area contributed by atoms with Crippen molar-refractivity contribution in [3.05, 3.63) is 47.2 Å². The lowest BCUT2D eigenvalue weighted by Crippen LogP contribution is -2.33. The van der Waals surface area contributed by atoms with E-state index in [0.29, 0.717) is 23.4 Å². The van der Waals surface area contributed by atoms with Gasteiger partial charge in [0.05, 0.1) is 12.9 Å². The SMILES string of the molecule is COC(=O)CSc1nc2n(n1)C(c1ccccc1)C1=C(CC(C)CC1=O)N2. The van der Waals surface area contributed by atoms with Crippen molar-refractivity contribution in [1.29, 1.82) is 0 Å². The number of thioether (sulfide) groups is 1. The Kier molecular flexibility index (Phi) is 4.73. The van der Waals surface area contributed by atoms with Gasteiger partial charge in [0, 0.05) is 17.7 Å². The molecule has 1 N–H and O–H groups in total. The van der Waals surface area contributed by atoms with Crippen molar-refractivity contribution in [2.45, 2.75) is 31.0 Å². The standard InChI is InChI=1S/C19H20N4O3S/c1-11-8-13-16(14(24)9-11)17(12-6-4-3-5-7-12)23-18(20-13)21-19(22-23)27-10-15(25)26-2/h3-7,11,17H,8-10H2,1-2H3,(H,20,21,22). The van der Waals surface area contributed by atoms with E-state index in [2.05, 4.69) is 27.1 Å². The lowest BCUT2D eigenvalue weighted by Gasteiger charge is -2.34. The van der Waals surface area contributed by atoms with Gasteiger partial charge in [0.15, 0.2) is 5.78 Å². The highest BCUT2D eigenvalue weighted by molar-refractivity contribution is 7.99. The number of carbonyl (C=O) groups is 2. The van der Waals surface area contributed by atoms with Gasteiger partial charge >= 0.3 is 5.97 Å². The molecule has 2 heterocycles. The molecule has 2 aliphatic rings. The molecule has 2 unspecified atom stereocenters. The van der Waals surface area contributed by atoms with Crippen LogP contribution in [0.3, 0.4) is 0 Å². The number of anilines is 1. The first-order valence-electron chi connectivity index (χ1n) is 8.81. The molecular weight excluding hydrogens is 364 g/mol. The Balaban J connectivity index is 1.75. The van der Waals surface area contributed by atoms with Gasteiger partial charge in [-0.05, 0) is 17.9 Å². The van der Waals surface area contributed by atoms with Gasteiger partial charge < -0.3 is 10.1 Å². The fourth-order valence-corrected chi connectivity index (χ4v) is 4.24. The monoisotopic (exact) mass is 384 g/mol. The van der Waals surface area contributed by atoms with Gasteiger partial charge in [0.25, 0.3) is 0 Å². The van der Waals surface area contributed by atoms with E-state index in [4.69, 9.17) is 0 Å². The molecule has 7 nitrogen and oxygen atoms in total. The van der Waals surface area contributed by atoms with Crippen LogP contribution in [0.25, 0.3) is 0 Å². The number of nitrogens with one attached hydrogen (secondary N) is 1. The van der Waals surface area contributed by atoms with E-state index in [1.54, 1.807) is 4.68 Å². The van der Waals surface area contributed by atoms with Crippen LogP contribution in [0.5, 0.6) is 0 Å². The summed E-state index contributed by atoms with van der Waals surface area (Å²) < 4.78 is 6.43. The quantitative estimate of drug-likeness (QED) is 0.641. The lowest BCUT2D eigenvalue weighted by atomic mass is 9.81. The van der Waals surface area contributed by atoms with E-state index in [1.165, 1.54) is 18.9 Å². The molecule has 2 aromatic rings. The summed E-state index contributed by atoms with van der Waals surface area (Å²) in [5.74, 6) is 0.843. The second-order valence-electron chi connectivity index (χ2n) is 6.79. The van der Waals surface area contributed by atoms with E-state index >= 15 is 0 Å². The molecule has 140 valence electrons. The van der Waals surface area contributed by atoms with Gasteiger partial charge in [-0.2, -0.15) is 4.98 Å². The van der Waals surface area contributed by atoms with Crippen molar-refractivity contribution in [3.63, 3.8) is 0 Å². The highest BCUT2D eigenvalue weighted by Gasteiger charge is 2.38. The van der Waals surface area contributed by atoms with E-state index in [9.17, 15) is 9.59 Å². The maximum absolute atomic E-state index is 12.9. The van der Waals surface area contributed by atoms with Gasteiger partial charge in [0.2, 0.25) is 11.1 Å². The first-order valence-corrected chi connectivity index (χ1v) is 9.79. The predicted octanol–water partition coefficient (Wildman–Crippen LogP) is 2.81. The molecule has 0 fully saturated rings. The largest absolute Gasteiger partial charge is 0.468 e. The van der Waals surface area contributed by atoms with Crippen LogP contribution in [0.1, 0.15) is 31.4 Å². The number of ketones is 1. The molecule has 0 radical (unpaired) electrons. The number of methoxy groups -OCH3 is 1. The number of allylic oxidation sites excluding steroid dienone is 2. The van der Waals surface area contributed by atoms with Crippen molar-refractivity contribution in [2.24, 2.45) is 5.92 Å². The summed E-state index contributed by atoms with van der Waals surface area (Å²) in [6, 6.07) is 9.55. The zero-order chi connectivity index (χ0) is 19.0. The normalized spacial score (nSPS) is 21.3. The summed E-state index contributed by atoms with van der Waals surface area (Å²) in [6.07, 6.45) is 1.35. The molecule has 1 aromatic heterocycles. The van der Waals surface area contributed by atoms with Crippen LogP contribution in [-0.2, 0) is 14.3 Å². The third kappa shape index (κ3) is 3.37. The zero-order valence-corrected chi connectivity index (χ0v) is 16.0. The topological polar surface area (TPSA) is 86.1 Å². The maximum atomic E-state index is 12.9. The molecule has 1 aliphatic heterocycles. The highest BCUT2D eigenvalue weighted by atomic mass is 32.2. The van der Waals surface area contributed by atoms with Crippen LogP contribution in [0.15, 0.2) is 46.8 Å². The van der Waals surface area contributed by atoms with Gasteiger partial charge in [-0.15, -0.1) is 5.10 Å². The second kappa shape index (κ2) is 7.19. The molecule has 27 heavy (non-hydrogen) atoms. The van der Waals surface area contributed by atoms with Crippen LogP contribution in [-0.4, -0.2) is 39.4 Å². The fourth-order valence-electron chi connectivity index (χ4n) is 3.57. The smallest absolute Gasteiger partial charge is 0.316 e. The Hall–Kier alpha value is -2.61. The van der Waals surface area contributed by atoms with Crippen molar-refractivity contribution >= 4 is 29.5 Å². The van der Waals surface area contributed by atoms with Crippen LogP contribution in [0, 0.1) is 5.92 Å². The molecule has 0 amide bonds. The minimum atomic E-state index is -0.332. The van der Waals surface area contributed by atoms with E-state index in [1.807, 2.05) is 30.3 Å². The number of benzene rings is 1. The molecule has 4 rings (SSSR count). The summed E-state index contributed by atoms with van der Waals surface area (Å²) in [5.41, 5.74) is 2.68. The number of ether oxygens (including phenoxy) is 1. The molecule has 2 atom stereocenters. The van der Waals surface area contributed by atoms with Crippen molar-refractivity contribution in [2.75, 3.05) is 18.2 Å². The minimum absolute atomic E-state index is 0.138. The third-order valence-electron chi connectivity index (χ3n) is 4.77. The highest BCUT2D eigenvalue weighted by Crippen LogP contribution is 2.41. The summed E-state index contributed by atoms with van der Waals surface area (Å²) >= 11 is 1.22. The summed E-state index contributed by atoms with van der Waals surface area (Å²) in [4.78, 5) is 28.8. The molecule has 0 bridgehead atoms. The molecule has 1 aromatic carbocycles. The van der Waals surface area contributed by atoms with Crippen LogP contribution in [0.4, 0.5) is 5.95 Å². The summed E-state index contributed by atoms with van der Waals surface area (Å²) in [7, 11) is 1.35. The second-order valence-corrected chi connectivity index (χ2v) is 7.74. The Morgan fingerprint density at radius 1 is 1.33 bits per heavy atom. The first-order chi connectivity index (χ1) is 13.1. The number of hydrogen-bond acceptors (Lipinski definition) is 7. The Bertz CT molecular complexity index is 922. The van der Waals surface area contributed by atoms with Crippen LogP contribution in [0.2, 0.25) is 0 Å². The average Bonchev–Trinajstić information content (AvgIpc) is 3.07. The molecule has 0 spiro atoms. The number of Topliss-reactive ketones (excluding diaryl/α,β-unsaturated/α-hetero) is 1. The number of aromatic nitrogens is 3. The molecule has 0 saturated carbocycles. The molecule has 8 heteroatoms. The van der Waals surface area contributed by atoms with E-state index in [-0.39, 0.29) is 23.5 Å². The number of hydrogen-bond donors (Lipinski definition) is 1. The van der Waals surface area contributed by atoms with Crippen molar-refractivity contribution in [3.8, 4) is 0 Å². The van der Waals surface area contributed by atoms with Gasteiger partial charge in [0.1, 0.15) is 6.04 Å². The number of rotatable bonds is 4. The number of carbonyl (C=O) groups excluding carboxylic acids is 2. The maximum Gasteiger partial charge on any atom is 0.316 e. The van der Waals surface area contributed by atoms with E-state index in [0.717, 1.165) is 23.3 Å². The molecular formula is C19H20N4O3S. The Morgan fingerprint density at radius 2 is 2.11 bits per heavy atom. The number of nitrogens with zero attached hydrogens (tertiary/aromatic N) is 3. The molecule has 1 aliphatic carbocycles. The number of esters is 1. The van der Waals surface area contributed by atoms with E-state index < -0.39 is 0 Å². The van der Waals surface area contributed by atoms with Crippen molar-refractivity contribution < 1.29 is 14.3 Å². The summed E-state index contributed by atoms with van der Waals surface area (Å²) in [5, 5.41) is 8.35. The Labute approximate surface area is 161 Å². The van der Waals surface area contributed by atoms with Gasteiger partial charge in [-0.1, -0.05) is 49.0 Å². The molecule has 0 saturated heterocycles. The first kappa shape index (κ1) is 17.8. The Morgan fingerprint density at radius 3 is 2.85 bits per heavy atom. The fraction of sp³-hybridized carbons (Fsp3) is 0.368. The average molecular weight is 384 g/mol. The number of fused-ring (bicyclic) bond motifs is 1. The lowest BCUT2D eigenvalue weighted by molar-refractivity contribution is -0.137. The predicted molar refractivity (Wildman–Crippen MR) is 101 cm³/mol. The summed E-state index contributed by atoms with van der Waals surface area (Å²) in [6.45, 7) is 2.08. The minimum Gasteiger partial charge on any atom is -0.468 e. The van der Waals surface area contributed by atoms with Crippen LogP contribution < -0.4 is 5.32 Å². The van der Waals surface area contributed by atoms with Gasteiger partial charge in [-0.25, -0.2) is 4.68 Å².